The molecule has 3 aliphatic rings. The van der Waals surface area contributed by atoms with Gasteiger partial charge < -0.3 is 23.8 Å². The maximum atomic E-state index is 14.0. The molecule has 264 valence electrons. The summed E-state index contributed by atoms with van der Waals surface area (Å²) in [6, 6.07) is 19.5. The van der Waals surface area contributed by atoms with Gasteiger partial charge in [-0.05, 0) is 78.5 Å². The molecule has 8 heteroatoms. The van der Waals surface area contributed by atoms with Crippen molar-refractivity contribution in [3.8, 4) is 23.0 Å². The van der Waals surface area contributed by atoms with E-state index in [1.165, 1.54) is 0 Å². The van der Waals surface area contributed by atoms with E-state index in [1.807, 2.05) is 81.6 Å². The van der Waals surface area contributed by atoms with E-state index in [2.05, 4.69) is 32.6 Å². The molecule has 2 aliphatic carbocycles. The number of hydrogen-bond donors (Lipinski definition) is 0. The van der Waals surface area contributed by atoms with E-state index < -0.39 is 5.92 Å². The van der Waals surface area contributed by atoms with Crippen LogP contribution in [0.1, 0.15) is 89.8 Å². The van der Waals surface area contributed by atoms with Crippen LogP contribution >= 0.6 is 11.6 Å². The fourth-order valence-electron chi connectivity index (χ4n) is 7.58. The third kappa shape index (κ3) is 7.29. The van der Waals surface area contributed by atoms with Crippen LogP contribution in [0.2, 0.25) is 5.02 Å². The van der Waals surface area contributed by atoms with Gasteiger partial charge in [0.05, 0.1) is 18.2 Å². The maximum Gasteiger partial charge on any atom is 0.180 e. The van der Waals surface area contributed by atoms with Gasteiger partial charge in [0.25, 0.3) is 0 Å². The van der Waals surface area contributed by atoms with Crippen molar-refractivity contribution in [3.05, 3.63) is 105 Å². The summed E-state index contributed by atoms with van der Waals surface area (Å²) >= 11 is 7.04. The maximum absolute atomic E-state index is 14.0. The molecular weight excluding hydrogens is 650 g/mol. The lowest BCUT2D eigenvalue weighted by molar-refractivity contribution is -0.119. The Morgan fingerprint density at radius 2 is 1.26 bits per heavy atom. The van der Waals surface area contributed by atoms with Crippen molar-refractivity contribution in [1.29, 1.82) is 0 Å². The van der Waals surface area contributed by atoms with Crippen LogP contribution in [0.25, 0.3) is 0 Å². The topological polar surface area (TPSA) is 74.3 Å². The van der Waals surface area contributed by atoms with Crippen LogP contribution in [0.3, 0.4) is 0 Å². The summed E-state index contributed by atoms with van der Waals surface area (Å²) in [7, 11) is 2.01. The molecule has 0 aromatic heterocycles. The van der Waals surface area contributed by atoms with Gasteiger partial charge in [0, 0.05) is 48.3 Å². The minimum Gasteiger partial charge on any atom is -0.490 e. The Morgan fingerprint density at radius 1 is 0.680 bits per heavy atom. The summed E-state index contributed by atoms with van der Waals surface area (Å²) in [5.41, 5.74) is 5.73. The predicted molar refractivity (Wildman–Crippen MR) is 196 cm³/mol. The Morgan fingerprint density at radius 3 is 1.86 bits per heavy atom. The van der Waals surface area contributed by atoms with Crippen molar-refractivity contribution in [2.45, 2.75) is 86.4 Å². The standard InChI is InChI=1S/C42H48ClNO6/c1-8-47-35-17-27(15-16-34(35)49-24-26-13-11-10-12-14-26)25-50-40-29(43)18-28(19-36(40)48-9-2)37-38-30(20-41(3,4)22-32(38)45)44(7)31-21-42(5,6)23-33(46)39(31)37/h10-19,37H,8-9,20-25H2,1-7H3. The molecule has 3 aromatic rings. The summed E-state index contributed by atoms with van der Waals surface area (Å²) < 4.78 is 24.5. The third-order valence-electron chi connectivity index (χ3n) is 9.77. The molecule has 0 atom stereocenters. The Bertz CT molecular complexity index is 1800. The van der Waals surface area contributed by atoms with Gasteiger partial charge in [-0.15, -0.1) is 0 Å². The Hall–Kier alpha value is -4.23. The SMILES string of the molecule is CCOc1cc(COc2c(Cl)cc(C3C4=C(CC(C)(C)CC4=O)N(C)C4=C3C(=O)CC(C)(C)C4)cc2OCC)ccc1OCc1ccccc1. The van der Waals surface area contributed by atoms with Gasteiger partial charge in [0.15, 0.2) is 34.6 Å². The number of halogens is 1. The normalized spacial score (nSPS) is 18.5. The van der Waals surface area contributed by atoms with E-state index in [0.717, 1.165) is 40.9 Å². The summed E-state index contributed by atoms with van der Waals surface area (Å²) in [5, 5.41) is 0.356. The van der Waals surface area contributed by atoms with Crippen LogP contribution in [0, 0.1) is 10.8 Å². The first-order valence-corrected chi connectivity index (χ1v) is 18.0. The van der Waals surface area contributed by atoms with Crippen LogP contribution in [0.5, 0.6) is 23.0 Å². The number of rotatable bonds is 11. The molecule has 50 heavy (non-hydrogen) atoms. The quantitative estimate of drug-likeness (QED) is 0.198. The first-order valence-electron chi connectivity index (χ1n) is 17.6. The highest BCUT2D eigenvalue weighted by Crippen LogP contribution is 2.55. The molecule has 0 spiro atoms. The van der Waals surface area contributed by atoms with Crippen molar-refractivity contribution < 1.29 is 28.5 Å². The van der Waals surface area contributed by atoms with Gasteiger partial charge in [-0.1, -0.05) is 75.7 Å². The second-order valence-electron chi connectivity index (χ2n) is 15.1. The van der Waals surface area contributed by atoms with Crippen molar-refractivity contribution in [1.82, 2.24) is 4.90 Å². The average molecular weight is 698 g/mol. The second-order valence-corrected chi connectivity index (χ2v) is 15.5. The molecule has 0 amide bonds. The van der Waals surface area contributed by atoms with Crippen LogP contribution in [0.15, 0.2) is 83.2 Å². The highest BCUT2D eigenvalue weighted by molar-refractivity contribution is 6.32. The van der Waals surface area contributed by atoms with Gasteiger partial charge in [-0.3, -0.25) is 9.59 Å². The van der Waals surface area contributed by atoms with Gasteiger partial charge in [-0.25, -0.2) is 0 Å². The molecule has 0 saturated carbocycles. The van der Waals surface area contributed by atoms with Crippen molar-refractivity contribution in [2.75, 3.05) is 20.3 Å². The molecule has 0 radical (unpaired) electrons. The first kappa shape index (κ1) is 35.6. The van der Waals surface area contributed by atoms with E-state index in [9.17, 15) is 9.59 Å². The second kappa shape index (κ2) is 14.2. The van der Waals surface area contributed by atoms with Crippen molar-refractivity contribution in [3.63, 3.8) is 0 Å². The smallest absolute Gasteiger partial charge is 0.180 e. The Kier molecular flexibility index (Phi) is 10.1. The zero-order chi connectivity index (χ0) is 35.8. The number of benzene rings is 3. The van der Waals surface area contributed by atoms with Crippen LogP contribution < -0.4 is 18.9 Å². The number of ketones is 2. The van der Waals surface area contributed by atoms with Gasteiger partial charge >= 0.3 is 0 Å². The molecular formula is C42H48ClNO6. The molecule has 7 nitrogen and oxygen atoms in total. The summed E-state index contributed by atoms with van der Waals surface area (Å²) in [6.45, 7) is 13.9. The molecule has 0 N–H and O–H groups in total. The molecule has 1 aliphatic heterocycles. The monoisotopic (exact) mass is 697 g/mol. The highest BCUT2D eigenvalue weighted by Gasteiger charge is 2.48. The zero-order valence-corrected chi connectivity index (χ0v) is 31.0. The van der Waals surface area contributed by atoms with E-state index in [4.69, 9.17) is 30.5 Å². The molecule has 0 bridgehead atoms. The first-order chi connectivity index (χ1) is 23.8. The van der Waals surface area contributed by atoms with Crippen LogP contribution in [0.4, 0.5) is 0 Å². The van der Waals surface area contributed by atoms with Crippen molar-refractivity contribution >= 4 is 23.2 Å². The Labute approximate surface area is 301 Å². The third-order valence-corrected chi connectivity index (χ3v) is 10.1. The number of ether oxygens (including phenoxy) is 4. The number of allylic oxidation sites excluding steroid dienone is 4. The lowest BCUT2D eigenvalue weighted by Gasteiger charge is -2.48. The zero-order valence-electron chi connectivity index (χ0n) is 30.3. The van der Waals surface area contributed by atoms with E-state index in [0.29, 0.717) is 71.8 Å². The van der Waals surface area contributed by atoms with Gasteiger partial charge in [-0.2, -0.15) is 0 Å². The van der Waals surface area contributed by atoms with E-state index >= 15 is 0 Å². The average Bonchev–Trinajstić information content (AvgIpc) is 3.04. The highest BCUT2D eigenvalue weighted by atomic mass is 35.5. The molecule has 3 aromatic carbocycles. The molecule has 1 heterocycles. The Balaban J connectivity index is 1.33. The summed E-state index contributed by atoms with van der Waals surface area (Å²) in [6.07, 6.45) is 2.34. The fourth-order valence-corrected chi connectivity index (χ4v) is 7.85. The largest absolute Gasteiger partial charge is 0.490 e. The molecule has 0 saturated heterocycles. The predicted octanol–water partition coefficient (Wildman–Crippen LogP) is 9.61. The number of carbonyl (C=O) groups is 2. The number of carbonyl (C=O) groups excluding carboxylic acids is 2. The number of Topliss-reactive ketones (excluding diaryl/α,β-unsaturated/α-hetero) is 2. The molecule has 0 fully saturated rings. The minimum absolute atomic E-state index is 0.0768. The lowest BCUT2D eigenvalue weighted by Crippen LogP contribution is -2.43. The number of hydrogen-bond acceptors (Lipinski definition) is 7. The molecule has 6 rings (SSSR count). The van der Waals surface area contributed by atoms with Crippen molar-refractivity contribution in [2.24, 2.45) is 10.8 Å². The van der Waals surface area contributed by atoms with Crippen LogP contribution in [-0.4, -0.2) is 36.7 Å². The number of nitrogens with zero attached hydrogens (tertiary/aromatic N) is 1. The van der Waals surface area contributed by atoms with E-state index in [-0.39, 0.29) is 29.0 Å². The molecule has 0 unspecified atom stereocenters. The summed E-state index contributed by atoms with van der Waals surface area (Å²) in [4.78, 5) is 30.1. The van der Waals surface area contributed by atoms with E-state index in [1.54, 1.807) is 0 Å². The summed E-state index contributed by atoms with van der Waals surface area (Å²) in [5.74, 6) is 1.79. The fraction of sp³-hybridized carbons (Fsp3) is 0.429. The lowest BCUT2D eigenvalue weighted by atomic mass is 9.63. The minimum atomic E-state index is -0.522. The van der Waals surface area contributed by atoms with Gasteiger partial charge in [0.1, 0.15) is 13.2 Å². The van der Waals surface area contributed by atoms with Crippen LogP contribution in [-0.2, 0) is 22.8 Å². The van der Waals surface area contributed by atoms with Gasteiger partial charge in [0.2, 0.25) is 0 Å².